The molecule has 6 heteroatoms. The number of fused-ring (bicyclic) bond motifs is 2. The van der Waals surface area contributed by atoms with Crippen LogP contribution in [0, 0.1) is 0 Å². The highest BCUT2D eigenvalue weighted by atomic mass is 32.1. The lowest BCUT2D eigenvalue weighted by molar-refractivity contribution is -0.128. The average molecular weight is 373 g/mol. The fourth-order valence-electron chi connectivity index (χ4n) is 3.09. The van der Waals surface area contributed by atoms with Crippen LogP contribution in [0.4, 0.5) is 0 Å². The predicted octanol–water partition coefficient (Wildman–Crippen LogP) is 3.20. The molecule has 0 radical (unpaired) electrons. The van der Waals surface area contributed by atoms with Gasteiger partial charge in [0.25, 0.3) is 11.8 Å². The van der Waals surface area contributed by atoms with Crippen molar-refractivity contribution in [2.45, 2.75) is 0 Å². The van der Waals surface area contributed by atoms with Gasteiger partial charge in [-0.3, -0.25) is 19.8 Å². The Bertz CT molecular complexity index is 1170. The topological polar surface area (TPSA) is 62.3 Å². The van der Waals surface area contributed by atoms with Gasteiger partial charge in [0, 0.05) is 22.9 Å². The van der Waals surface area contributed by atoms with Crippen LogP contribution in [-0.4, -0.2) is 33.4 Å². The first-order valence-corrected chi connectivity index (χ1v) is 8.77. The molecule has 27 heavy (non-hydrogen) atoms. The summed E-state index contributed by atoms with van der Waals surface area (Å²) >= 11 is 5.08. The number of hydrogen-bond acceptors (Lipinski definition) is 4. The number of rotatable bonds is 3. The van der Waals surface area contributed by atoms with E-state index in [9.17, 15) is 9.59 Å². The molecule has 0 spiro atoms. The summed E-state index contributed by atoms with van der Waals surface area (Å²) in [4.78, 5) is 31.1. The molecular weight excluding hydrogens is 358 g/mol. The summed E-state index contributed by atoms with van der Waals surface area (Å²) in [5.74, 6) is -0.954. The van der Waals surface area contributed by atoms with Crippen LogP contribution in [0.15, 0.2) is 66.8 Å². The van der Waals surface area contributed by atoms with Gasteiger partial charge in [-0.05, 0) is 30.4 Å². The summed E-state index contributed by atoms with van der Waals surface area (Å²) in [6.45, 7) is 3.86. The molecule has 3 aromatic rings. The molecule has 4 rings (SSSR count). The normalized spacial score (nSPS) is 16.2. The van der Waals surface area contributed by atoms with E-state index >= 15 is 0 Å². The van der Waals surface area contributed by atoms with Gasteiger partial charge in [0.15, 0.2) is 5.11 Å². The van der Waals surface area contributed by atoms with Crippen LogP contribution < -0.4 is 5.32 Å². The number of carbonyl (C=O) groups is 2. The van der Waals surface area contributed by atoms with Crippen LogP contribution >= 0.6 is 12.2 Å². The first kappa shape index (κ1) is 17.1. The van der Waals surface area contributed by atoms with Gasteiger partial charge in [-0.25, -0.2) is 4.98 Å². The minimum Gasteiger partial charge on any atom is -0.298 e. The molecule has 0 bridgehead atoms. The van der Waals surface area contributed by atoms with E-state index in [1.165, 1.54) is 4.90 Å². The van der Waals surface area contributed by atoms with E-state index in [2.05, 4.69) is 11.9 Å². The van der Waals surface area contributed by atoms with Gasteiger partial charge >= 0.3 is 0 Å². The van der Waals surface area contributed by atoms with Crippen LogP contribution in [-0.2, 0) is 9.59 Å². The SMILES string of the molecule is C=CCN1C(=O)C(=Cc2cccc3cc4ccccc4nc23)C(=O)NC1=S. The predicted molar refractivity (Wildman–Crippen MR) is 110 cm³/mol. The smallest absolute Gasteiger partial charge is 0.265 e. The second-order valence-electron chi connectivity index (χ2n) is 6.12. The van der Waals surface area contributed by atoms with Gasteiger partial charge in [0.2, 0.25) is 0 Å². The van der Waals surface area contributed by atoms with Gasteiger partial charge in [0.05, 0.1) is 11.0 Å². The molecular formula is C21H15N3O2S. The molecule has 1 aliphatic rings. The Morgan fingerprint density at radius 1 is 1.11 bits per heavy atom. The van der Waals surface area contributed by atoms with Gasteiger partial charge in [-0.2, -0.15) is 0 Å². The van der Waals surface area contributed by atoms with E-state index in [0.29, 0.717) is 5.56 Å². The maximum absolute atomic E-state index is 12.7. The highest BCUT2D eigenvalue weighted by Gasteiger charge is 2.32. The summed E-state index contributed by atoms with van der Waals surface area (Å²) in [7, 11) is 0. The molecule has 1 saturated heterocycles. The van der Waals surface area contributed by atoms with Crippen LogP contribution in [0.3, 0.4) is 0 Å². The first-order chi connectivity index (χ1) is 13.1. The third-order valence-electron chi connectivity index (χ3n) is 4.38. The Labute approximate surface area is 161 Å². The Kier molecular flexibility index (Phi) is 4.25. The number of benzene rings is 2. The molecule has 1 fully saturated rings. The van der Waals surface area contributed by atoms with E-state index < -0.39 is 11.8 Å². The lowest BCUT2D eigenvalue weighted by Gasteiger charge is -2.27. The van der Waals surface area contributed by atoms with Crippen molar-refractivity contribution in [2.24, 2.45) is 0 Å². The molecule has 1 aliphatic heterocycles. The quantitative estimate of drug-likeness (QED) is 0.252. The molecule has 0 saturated carbocycles. The largest absolute Gasteiger partial charge is 0.298 e. The molecule has 1 aromatic heterocycles. The standard InChI is InChI=1S/C21H15N3O2S/c1-2-10-24-20(26)16(19(25)23-21(24)27)12-15-8-5-7-14-11-13-6-3-4-9-17(13)22-18(14)15/h2-9,11-12H,1,10H2,(H,23,25,27). The summed E-state index contributed by atoms with van der Waals surface area (Å²) in [5, 5.41) is 4.61. The summed E-state index contributed by atoms with van der Waals surface area (Å²) in [5.41, 5.74) is 2.30. The second kappa shape index (κ2) is 6.74. The minimum atomic E-state index is -0.511. The fourth-order valence-corrected chi connectivity index (χ4v) is 3.34. The molecule has 0 atom stereocenters. The van der Waals surface area contributed by atoms with E-state index in [4.69, 9.17) is 17.2 Å². The molecule has 2 heterocycles. The van der Waals surface area contributed by atoms with Gasteiger partial charge < -0.3 is 0 Å². The summed E-state index contributed by atoms with van der Waals surface area (Å²) in [6.07, 6.45) is 3.13. The highest BCUT2D eigenvalue weighted by molar-refractivity contribution is 7.80. The number of nitrogens with one attached hydrogen (secondary N) is 1. The highest BCUT2D eigenvalue weighted by Crippen LogP contribution is 2.25. The number of nitrogens with zero attached hydrogens (tertiary/aromatic N) is 2. The average Bonchev–Trinajstić information content (AvgIpc) is 2.67. The van der Waals surface area contributed by atoms with Gasteiger partial charge in [-0.15, -0.1) is 6.58 Å². The number of carbonyl (C=O) groups excluding carboxylic acids is 2. The number of para-hydroxylation sites is 2. The van der Waals surface area contributed by atoms with Gasteiger partial charge in [-0.1, -0.05) is 42.5 Å². The number of thiocarbonyl (C=S) groups is 1. The molecule has 2 amide bonds. The number of aromatic nitrogens is 1. The van der Waals surface area contributed by atoms with Crippen molar-refractivity contribution >= 4 is 57.0 Å². The zero-order chi connectivity index (χ0) is 19.0. The third kappa shape index (κ3) is 3.00. The molecule has 1 N–H and O–H groups in total. The monoisotopic (exact) mass is 373 g/mol. The molecule has 0 aliphatic carbocycles. The van der Waals surface area contributed by atoms with Crippen molar-refractivity contribution in [1.82, 2.24) is 15.2 Å². The lowest BCUT2D eigenvalue weighted by atomic mass is 10.0. The van der Waals surface area contributed by atoms with Crippen molar-refractivity contribution in [3.05, 3.63) is 72.3 Å². The Morgan fingerprint density at radius 3 is 2.70 bits per heavy atom. The zero-order valence-corrected chi connectivity index (χ0v) is 15.1. The Balaban J connectivity index is 1.87. The van der Waals surface area contributed by atoms with Crippen LogP contribution in [0.5, 0.6) is 0 Å². The van der Waals surface area contributed by atoms with Gasteiger partial charge in [0.1, 0.15) is 5.57 Å². The van der Waals surface area contributed by atoms with E-state index in [1.807, 2.05) is 48.5 Å². The number of hydrogen-bond donors (Lipinski definition) is 1. The van der Waals surface area contributed by atoms with Crippen molar-refractivity contribution < 1.29 is 9.59 Å². The van der Waals surface area contributed by atoms with Crippen LogP contribution in [0.1, 0.15) is 5.56 Å². The van der Waals surface area contributed by atoms with Crippen LogP contribution in [0.2, 0.25) is 0 Å². The molecule has 132 valence electrons. The van der Waals surface area contributed by atoms with Crippen LogP contribution in [0.25, 0.3) is 27.9 Å². The van der Waals surface area contributed by atoms with Crippen molar-refractivity contribution in [3.63, 3.8) is 0 Å². The minimum absolute atomic E-state index is 0.0212. The molecule has 5 nitrogen and oxygen atoms in total. The number of amides is 2. The van der Waals surface area contributed by atoms with E-state index in [0.717, 1.165) is 21.8 Å². The second-order valence-corrected chi connectivity index (χ2v) is 6.51. The summed E-state index contributed by atoms with van der Waals surface area (Å²) in [6, 6.07) is 15.5. The zero-order valence-electron chi connectivity index (χ0n) is 14.3. The molecule has 0 unspecified atom stereocenters. The van der Waals surface area contributed by atoms with Crippen molar-refractivity contribution in [3.8, 4) is 0 Å². The lowest BCUT2D eigenvalue weighted by Crippen LogP contribution is -2.53. The van der Waals surface area contributed by atoms with Crippen molar-refractivity contribution in [2.75, 3.05) is 6.54 Å². The summed E-state index contributed by atoms with van der Waals surface area (Å²) < 4.78 is 0. The van der Waals surface area contributed by atoms with Crippen molar-refractivity contribution in [1.29, 1.82) is 0 Å². The molecule has 2 aromatic carbocycles. The van der Waals surface area contributed by atoms with E-state index in [1.54, 1.807) is 12.2 Å². The maximum atomic E-state index is 12.7. The first-order valence-electron chi connectivity index (χ1n) is 8.37. The maximum Gasteiger partial charge on any atom is 0.265 e. The Morgan fingerprint density at radius 2 is 1.89 bits per heavy atom. The number of pyridine rings is 1. The van der Waals surface area contributed by atoms with E-state index in [-0.39, 0.29) is 17.2 Å². The third-order valence-corrected chi connectivity index (χ3v) is 4.70. The fraction of sp³-hybridized carbons (Fsp3) is 0.0476. The Hall–Kier alpha value is -3.38.